The van der Waals surface area contributed by atoms with Gasteiger partial charge in [-0.3, -0.25) is 0 Å². The molecule has 0 aliphatic heterocycles. The van der Waals surface area contributed by atoms with Crippen LogP contribution in [0.1, 0.15) is 12.8 Å². The molecule has 10 heavy (non-hydrogen) atoms. The molecule has 0 aliphatic rings. The van der Waals surface area contributed by atoms with E-state index in [-0.39, 0.29) is 5.75 Å². The molecule has 0 radical (unpaired) electrons. The van der Waals surface area contributed by atoms with E-state index in [1.54, 1.807) is 0 Å². The van der Waals surface area contributed by atoms with Gasteiger partial charge in [0.25, 0.3) is 10.1 Å². The van der Waals surface area contributed by atoms with Crippen molar-refractivity contribution in [3.8, 4) is 0 Å². The number of hydrogen-bond donors (Lipinski definition) is 2. The molecule has 0 rings (SSSR count). The van der Waals surface area contributed by atoms with Crippen molar-refractivity contribution in [3.63, 3.8) is 0 Å². The SMILES string of the molecule is NCCCCS(=O)(=O)ON. The molecule has 0 aromatic rings. The molecule has 0 saturated carbocycles. The van der Waals surface area contributed by atoms with Gasteiger partial charge in [-0.05, 0) is 19.4 Å². The summed E-state index contributed by atoms with van der Waals surface area (Å²) < 4.78 is 24.7. The van der Waals surface area contributed by atoms with E-state index in [0.29, 0.717) is 19.4 Å². The maximum Gasteiger partial charge on any atom is 0.283 e. The Morgan fingerprint density at radius 2 is 1.90 bits per heavy atom. The van der Waals surface area contributed by atoms with Crippen molar-refractivity contribution in [1.82, 2.24) is 0 Å². The molecule has 5 nitrogen and oxygen atoms in total. The molecular weight excluding hydrogens is 156 g/mol. The summed E-state index contributed by atoms with van der Waals surface area (Å²) in [5.41, 5.74) is 5.13. The first-order valence-electron chi connectivity index (χ1n) is 2.93. The van der Waals surface area contributed by atoms with Crippen molar-refractivity contribution < 1.29 is 12.7 Å². The third-order valence-corrected chi connectivity index (χ3v) is 2.08. The Hall–Kier alpha value is -0.170. The first kappa shape index (κ1) is 9.83. The zero-order chi connectivity index (χ0) is 8.04. The maximum absolute atomic E-state index is 10.5. The van der Waals surface area contributed by atoms with Gasteiger partial charge in [0.1, 0.15) is 0 Å². The summed E-state index contributed by atoms with van der Waals surface area (Å²) in [5, 5.41) is 0. The molecule has 6 heteroatoms. The first-order chi connectivity index (χ1) is 4.62. The molecule has 0 spiro atoms. The van der Waals surface area contributed by atoms with Crippen LogP contribution < -0.4 is 11.6 Å². The van der Waals surface area contributed by atoms with Gasteiger partial charge < -0.3 is 5.73 Å². The van der Waals surface area contributed by atoms with Crippen LogP contribution in [0.25, 0.3) is 0 Å². The van der Waals surface area contributed by atoms with Crippen LogP contribution in [0.15, 0.2) is 0 Å². The predicted octanol–water partition coefficient (Wildman–Crippen LogP) is -1.05. The highest BCUT2D eigenvalue weighted by molar-refractivity contribution is 7.86. The van der Waals surface area contributed by atoms with Crippen molar-refractivity contribution in [3.05, 3.63) is 0 Å². The summed E-state index contributed by atoms with van der Waals surface area (Å²) in [7, 11) is -3.47. The lowest BCUT2D eigenvalue weighted by Crippen LogP contribution is -2.15. The fourth-order valence-corrected chi connectivity index (χ4v) is 1.13. The van der Waals surface area contributed by atoms with Crippen LogP contribution in [-0.4, -0.2) is 20.7 Å². The van der Waals surface area contributed by atoms with Crippen LogP contribution >= 0.6 is 0 Å². The Bertz CT molecular complexity index is 165. The van der Waals surface area contributed by atoms with Gasteiger partial charge >= 0.3 is 0 Å². The lowest BCUT2D eigenvalue weighted by atomic mass is 10.3. The normalized spacial score (nSPS) is 11.8. The molecule has 0 saturated heterocycles. The highest BCUT2D eigenvalue weighted by Gasteiger charge is 2.06. The molecule has 0 unspecified atom stereocenters. The number of rotatable bonds is 5. The van der Waals surface area contributed by atoms with Crippen molar-refractivity contribution in [2.75, 3.05) is 12.3 Å². The Morgan fingerprint density at radius 3 is 2.30 bits per heavy atom. The quantitative estimate of drug-likeness (QED) is 0.403. The van der Waals surface area contributed by atoms with Crippen LogP contribution in [0, 0.1) is 0 Å². The molecule has 0 atom stereocenters. The molecule has 0 aromatic heterocycles. The highest BCUT2D eigenvalue weighted by atomic mass is 32.2. The Labute approximate surface area is 60.4 Å². The second kappa shape index (κ2) is 4.62. The van der Waals surface area contributed by atoms with Crippen LogP contribution in [0.2, 0.25) is 0 Å². The van der Waals surface area contributed by atoms with Gasteiger partial charge in [0.15, 0.2) is 0 Å². The van der Waals surface area contributed by atoms with E-state index in [1.807, 2.05) is 0 Å². The molecule has 0 fully saturated rings. The van der Waals surface area contributed by atoms with E-state index in [9.17, 15) is 8.42 Å². The van der Waals surface area contributed by atoms with Crippen molar-refractivity contribution in [2.45, 2.75) is 12.8 Å². The minimum atomic E-state index is -3.47. The van der Waals surface area contributed by atoms with Crippen LogP contribution in [0.5, 0.6) is 0 Å². The van der Waals surface area contributed by atoms with Crippen molar-refractivity contribution in [1.29, 1.82) is 0 Å². The molecule has 0 bridgehead atoms. The number of unbranched alkanes of at least 4 members (excludes halogenated alkanes) is 1. The Kier molecular flexibility index (Phi) is 4.54. The van der Waals surface area contributed by atoms with E-state index in [1.165, 1.54) is 0 Å². The lowest BCUT2D eigenvalue weighted by molar-refractivity contribution is 0.332. The second-order valence-electron chi connectivity index (χ2n) is 1.85. The van der Waals surface area contributed by atoms with Gasteiger partial charge in [0.05, 0.1) is 5.75 Å². The van der Waals surface area contributed by atoms with E-state index in [0.717, 1.165) is 0 Å². The molecule has 0 heterocycles. The number of nitrogens with two attached hydrogens (primary N) is 2. The Balaban J connectivity index is 3.49. The van der Waals surface area contributed by atoms with Gasteiger partial charge in [-0.25, -0.2) is 0 Å². The second-order valence-corrected chi connectivity index (χ2v) is 3.57. The minimum absolute atomic E-state index is 0.0549. The van der Waals surface area contributed by atoms with E-state index >= 15 is 0 Å². The fourth-order valence-electron chi connectivity index (χ4n) is 0.471. The average Bonchev–Trinajstić information content (AvgIpc) is 1.89. The zero-order valence-electron chi connectivity index (χ0n) is 5.62. The first-order valence-corrected chi connectivity index (χ1v) is 4.51. The molecule has 0 amide bonds. The van der Waals surface area contributed by atoms with Gasteiger partial charge in [0, 0.05) is 0 Å². The fraction of sp³-hybridized carbons (Fsp3) is 1.00. The average molecular weight is 168 g/mol. The summed E-state index contributed by atoms with van der Waals surface area (Å²) in [6.45, 7) is 0.486. The maximum atomic E-state index is 10.5. The zero-order valence-corrected chi connectivity index (χ0v) is 6.43. The van der Waals surface area contributed by atoms with Gasteiger partial charge in [-0.2, -0.15) is 18.6 Å². The summed E-state index contributed by atoms with van der Waals surface area (Å²) in [5.74, 6) is 4.41. The number of hydrogen-bond acceptors (Lipinski definition) is 5. The van der Waals surface area contributed by atoms with Crippen molar-refractivity contribution >= 4 is 10.1 Å². The monoisotopic (exact) mass is 168 g/mol. The van der Waals surface area contributed by atoms with Crippen LogP contribution in [0.3, 0.4) is 0 Å². The van der Waals surface area contributed by atoms with E-state index < -0.39 is 10.1 Å². The standard InChI is InChI=1S/C4H12N2O3S/c5-3-1-2-4-10(7,8)9-6/h1-6H2. The van der Waals surface area contributed by atoms with Gasteiger partial charge in [0.2, 0.25) is 0 Å². The summed E-state index contributed by atoms with van der Waals surface area (Å²) in [6, 6.07) is 0. The van der Waals surface area contributed by atoms with Gasteiger partial charge in [-0.15, -0.1) is 0 Å². The molecular formula is C4H12N2O3S. The lowest BCUT2D eigenvalue weighted by Gasteiger charge is -1.97. The third kappa shape index (κ3) is 4.68. The minimum Gasteiger partial charge on any atom is -0.330 e. The molecule has 62 valence electrons. The van der Waals surface area contributed by atoms with Gasteiger partial charge in [-0.1, -0.05) is 0 Å². The predicted molar refractivity (Wildman–Crippen MR) is 37.3 cm³/mol. The molecule has 4 N–H and O–H groups in total. The van der Waals surface area contributed by atoms with Crippen molar-refractivity contribution in [2.24, 2.45) is 11.6 Å². The molecule has 0 aliphatic carbocycles. The van der Waals surface area contributed by atoms with E-state index in [2.05, 4.69) is 10.2 Å². The summed E-state index contributed by atoms with van der Waals surface area (Å²) in [6.07, 6.45) is 1.17. The smallest absolute Gasteiger partial charge is 0.283 e. The summed E-state index contributed by atoms with van der Waals surface area (Å²) in [4.78, 5) is 0. The Morgan fingerprint density at radius 1 is 1.30 bits per heavy atom. The van der Waals surface area contributed by atoms with Crippen LogP contribution in [0.4, 0.5) is 0 Å². The van der Waals surface area contributed by atoms with E-state index in [4.69, 9.17) is 5.73 Å². The topological polar surface area (TPSA) is 95.4 Å². The largest absolute Gasteiger partial charge is 0.330 e. The van der Waals surface area contributed by atoms with Crippen LogP contribution in [-0.2, 0) is 14.4 Å². The molecule has 0 aromatic carbocycles. The highest BCUT2D eigenvalue weighted by Crippen LogP contribution is 1.94. The summed E-state index contributed by atoms with van der Waals surface area (Å²) >= 11 is 0. The third-order valence-electron chi connectivity index (χ3n) is 0.995.